The van der Waals surface area contributed by atoms with Gasteiger partial charge in [-0.3, -0.25) is 4.79 Å². The van der Waals surface area contributed by atoms with Crippen LogP contribution in [0.2, 0.25) is 5.02 Å². The number of hydrogen-bond acceptors (Lipinski definition) is 4. The molecule has 1 unspecified atom stereocenters. The van der Waals surface area contributed by atoms with E-state index in [0.29, 0.717) is 24.0 Å². The van der Waals surface area contributed by atoms with Gasteiger partial charge in [0.15, 0.2) is 0 Å². The number of likely N-dealkylation sites (N-methyl/N-ethyl adjacent to an activating group) is 1. The van der Waals surface area contributed by atoms with Crippen molar-refractivity contribution in [3.05, 3.63) is 23.2 Å². The maximum absolute atomic E-state index is 12.6. The van der Waals surface area contributed by atoms with Gasteiger partial charge in [-0.2, -0.15) is 0 Å². The molecule has 6 heteroatoms. The molecule has 1 aliphatic rings. The van der Waals surface area contributed by atoms with Crippen LogP contribution in [0, 0.1) is 0 Å². The smallest absolute Gasteiger partial charge is 0.224 e. The Morgan fingerprint density at radius 1 is 1.42 bits per heavy atom. The molecule has 1 saturated heterocycles. The lowest BCUT2D eigenvalue weighted by Crippen LogP contribution is -2.48. The summed E-state index contributed by atoms with van der Waals surface area (Å²) in [4.78, 5) is 16.8. The number of benzene rings is 1. The van der Waals surface area contributed by atoms with Crippen LogP contribution in [0.25, 0.3) is 0 Å². The third kappa shape index (κ3) is 5.28. The highest BCUT2D eigenvalue weighted by Crippen LogP contribution is 2.27. The third-order valence-electron chi connectivity index (χ3n) is 4.34. The molecule has 5 nitrogen and oxygen atoms in total. The second-order valence-electron chi connectivity index (χ2n) is 6.52. The number of rotatable bonds is 7. The molecule has 0 bridgehead atoms. The standard InChI is InChI=1S/C18H28ClN3O2/c1-21(2)13-15-6-4-5-11-22(15)18(23)9-10-20-16-12-14(19)7-8-17(16)24-3/h7-8,12,15,20H,4-6,9-11,13H2,1-3H3. The van der Waals surface area contributed by atoms with Crippen LogP contribution >= 0.6 is 11.6 Å². The van der Waals surface area contributed by atoms with Crippen molar-refractivity contribution >= 4 is 23.2 Å². The molecule has 1 atom stereocenters. The third-order valence-corrected chi connectivity index (χ3v) is 4.57. The van der Waals surface area contributed by atoms with Crippen LogP contribution in [0.4, 0.5) is 5.69 Å². The Morgan fingerprint density at radius 2 is 2.21 bits per heavy atom. The average Bonchev–Trinajstić information content (AvgIpc) is 2.55. The number of methoxy groups -OCH3 is 1. The lowest BCUT2D eigenvalue weighted by Gasteiger charge is -2.37. The summed E-state index contributed by atoms with van der Waals surface area (Å²) in [5.74, 6) is 0.949. The van der Waals surface area contributed by atoms with E-state index in [1.54, 1.807) is 13.2 Å². The molecule has 1 aliphatic heterocycles. The first-order valence-corrected chi connectivity index (χ1v) is 8.90. The van der Waals surface area contributed by atoms with Gasteiger partial charge in [0.05, 0.1) is 12.8 Å². The maximum atomic E-state index is 12.6. The minimum absolute atomic E-state index is 0.218. The van der Waals surface area contributed by atoms with E-state index < -0.39 is 0 Å². The zero-order valence-electron chi connectivity index (χ0n) is 14.8. The molecule has 0 aromatic heterocycles. The molecule has 0 aliphatic carbocycles. The van der Waals surface area contributed by atoms with Crippen molar-refractivity contribution in [3.63, 3.8) is 0 Å². The summed E-state index contributed by atoms with van der Waals surface area (Å²) in [5.41, 5.74) is 0.821. The second kappa shape index (κ2) is 9.14. The molecule has 1 heterocycles. The Morgan fingerprint density at radius 3 is 2.92 bits per heavy atom. The van der Waals surface area contributed by atoms with E-state index in [9.17, 15) is 4.79 Å². The highest BCUT2D eigenvalue weighted by molar-refractivity contribution is 6.30. The van der Waals surface area contributed by atoms with Crippen LogP contribution in [-0.4, -0.2) is 62.6 Å². The Labute approximate surface area is 149 Å². The van der Waals surface area contributed by atoms with Crippen LogP contribution in [0.1, 0.15) is 25.7 Å². The van der Waals surface area contributed by atoms with E-state index in [-0.39, 0.29) is 5.91 Å². The number of hydrogen-bond donors (Lipinski definition) is 1. The fourth-order valence-electron chi connectivity index (χ4n) is 3.21. The molecule has 1 amide bonds. The zero-order valence-corrected chi connectivity index (χ0v) is 15.6. The predicted molar refractivity (Wildman–Crippen MR) is 99.0 cm³/mol. The Hall–Kier alpha value is -1.46. The largest absolute Gasteiger partial charge is 0.495 e. The summed E-state index contributed by atoms with van der Waals surface area (Å²) in [6.45, 7) is 2.37. The SMILES string of the molecule is COc1ccc(Cl)cc1NCCC(=O)N1CCCCC1CN(C)C. The fraction of sp³-hybridized carbons (Fsp3) is 0.611. The van der Waals surface area contributed by atoms with Gasteiger partial charge in [0, 0.05) is 37.1 Å². The van der Waals surface area contributed by atoms with Gasteiger partial charge >= 0.3 is 0 Å². The van der Waals surface area contributed by atoms with Crippen molar-refractivity contribution in [2.75, 3.05) is 46.2 Å². The lowest BCUT2D eigenvalue weighted by atomic mass is 10.0. The number of halogens is 1. The first kappa shape index (κ1) is 18.9. The number of nitrogens with one attached hydrogen (secondary N) is 1. The minimum Gasteiger partial charge on any atom is -0.495 e. The highest BCUT2D eigenvalue weighted by Gasteiger charge is 2.26. The number of amides is 1. The molecule has 2 rings (SSSR count). The van der Waals surface area contributed by atoms with Crippen LogP contribution in [0.15, 0.2) is 18.2 Å². The van der Waals surface area contributed by atoms with Gasteiger partial charge in [0.1, 0.15) is 5.75 Å². The van der Waals surface area contributed by atoms with Gasteiger partial charge in [-0.1, -0.05) is 11.6 Å². The summed E-state index contributed by atoms with van der Waals surface area (Å²) in [5, 5.41) is 3.91. The van der Waals surface area contributed by atoms with Gasteiger partial charge < -0.3 is 19.9 Å². The Bertz CT molecular complexity index is 551. The van der Waals surface area contributed by atoms with Crippen molar-refractivity contribution < 1.29 is 9.53 Å². The molecule has 24 heavy (non-hydrogen) atoms. The maximum Gasteiger partial charge on any atom is 0.224 e. The fourth-order valence-corrected chi connectivity index (χ4v) is 3.38. The summed E-state index contributed by atoms with van der Waals surface area (Å²) in [7, 11) is 5.74. The molecule has 1 aromatic rings. The first-order chi connectivity index (χ1) is 11.5. The molecular weight excluding hydrogens is 326 g/mol. The van der Waals surface area contributed by atoms with Crippen molar-refractivity contribution in [2.45, 2.75) is 31.7 Å². The average molecular weight is 354 g/mol. The molecule has 0 saturated carbocycles. The molecule has 134 valence electrons. The summed E-state index contributed by atoms with van der Waals surface area (Å²) in [6, 6.07) is 5.77. The Balaban J connectivity index is 1.89. The van der Waals surface area contributed by atoms with Crippen LogP contribution in [0.3, 0.4) is 0 Å². The van der Waals surface area contributed by atoms with Crippen molar-refractivity contribution in [3.8, 4) is 5.75 Å². The Kier molecular flexibility index (Phi) is 7.18. The lowest BCUT2D eigenvalue weighted by molar-refractivity contribution is -0.134. The number of likely N-dealkylation sites (tertiary alicyclic amines) is 1. The molecule has 1 N–H and O–H groups in total. The number of anilines is 1. The molecule has 0 spiro atoms. The normalized spacial score (nSPS) is 17.9. The molecular formula is C18H28ClN3O2. The van der Waals surface area contributed by atoms with Gasteiger partial charge in [0.25, 0.3) is 0 Å². The molecule has 1 aromatic carbocycles. The quantitative estimate of drug-likeness (QED) is 0.818. The van der Waals surface area contributed by atoms with Gasteiger partial charge in [-0.15, -0.1) is 0 Å². The first-order valence-electron chi connectivity index (χ1n) is 8.53. The van der Waals surface area contributed by atoms with Crippen molar-refractivity contribution in [1.82, 2.24) is 9.80 Å². The van der Waals surface area contributed by atoms with E-state index in [0.717, 1.165) is 37.4 Å². The summed E-state index contributed by atoms with van der Waals surface area (Å²) in [6.07, 6.45) is 3.88. The van der Waals surface area contributed by atoms with Gasteiger partial charge in [-0.05, 0) is 51.6 Å². The van der Waals surface area contributed by atoms with Crippen molar-refractivity contribution in [2.24, 2.45) is 0 Å². The summed E-state index contributed by atoms with van der Waals surface area (Å²) >= 11 is 6.03. The summed E-state index contributed by atoms with van der Waals surface area (Å²) < 4.78 is 5.31. The molecule has 1 fully saturated rings. The second-order valence-corrected chi connectivity index (χ2v) is 6.96. The predicted octanol–water partition coefficient (Wildman–Crippen LogP) is 3.09. The molecule has 0 radical (unpaired) electrons. The number of piperidine rings is 1. The van der Waals surface area contributed by atoms with E-state index in [1.165, 1.54) is 6.42 Å². The number of carbonyl (C=O) groups is 1. The van der Waals surface area contributed by atoms with E-state index in [4.69, 9.17) is 16.3 Å². The van der Waals surface area contributed by atoms with E-state index >= 15 is 0 Å². The topological polar surface area (TPSA) is 44.8 Å². The van der Waals surface area contributed by atoms with E-state index in [2.05, 4.69) is 29.2 Å². The number of nitrogens with zero attached hydrogens (tertiary/aromatic N) is 2. The number of ether oxygens (including phenoxy) is 1. The van der Waals surface area contributed by atoms with Crippen LogP contribution in [0.5, 0.6) is 5.75 Å². The van der Waals surface area contributed by atoms with Crippen LogP contribution in [-0.2, 0) is 4.79 Å². The number of carbonyl (C=O) groups excluding carboxylic acids is 1. The van der Waals surface area contributed by atoms with Crippen molar-refractivity contribution in [1.29, 1.82) is 0 Å². The van der Waals surface area contributed by atoms with E-state index in [1.807, 2.05) is 12.1 Å². The minimum atomic E-state index is 0.218. The zero-order chi connectivity index (χ0) is 17.5. The highest BCUT2D eigenvalue weighted by atomic mass is 35.5. The van der Waals surface area contributed by atoms with Gasteiger partial charge in [-0.25, -0.2) is 0 Å². The van der Waals surface area contributed by atoms with Crippen LogP contribution < -0.4 is 10.1 Å². The monoisotopic (exact) mass is 353 g/mol. The van der Waals surface area contributed by atoms with Gasteiger partial charge in [0.2, 0.25) is 5.91 Å².